The molecule has 3 nitrogen and oxygen atoms in total. The van der Waals surface area contributed by atoms with E-state index >= 15 is 0 Å². The number of methoxy groups -OCH3 is 2. The summed E-state index contributed by atoms with van der Waals surface area (Å²) >= 11 is 0. The fraction of sp³-hybridized carbons (Fsp3) is 0.381. The first kappa shape index (κ1) is 16.6. The van der Waals surface area contributed by atoms with Crippen molar-refractivity contribution in [3.8, 4) is 11.5 Å². The van der Waals surface area contributed by atoms with Gasteiger partial charge in [-0.25, -0.2) is 0 Å². The number of hydrogen-bond acceptors (Lipinski definition) is 3. The summed E-state index contributed by atoms with van der Waals surface area (Å²) in [5.74, 6) is 1.86. The number of carbonyl (C=O) groups is 1. The summed E-state index contributed by atoms with van der Waals surface area (Å²) in [6, 6.07) is 13.4. The van der Waals surface area contributed by atoms with E-state index in [2.05, 4.69) is 12.1 Å². The van der Waals surface area contributed by atoms with Gasteiger partial charge in [-0.15, -0.1) is 0 Å². The van der Waals surface area contributed by atoms with Crippen LogP contribution in [0.2, 0.25) is 0 Å². The number of carbonyl (C=O) groups excluding carboxylic acids is 1. The molecule has 1 aliphatic rings. The lowest BCUT2D eigenvalue weighted by atomic mass is 9.83. The van der Waals surface area contributed by atoms with Crippen molar-refractivity contribution in [3.63, 3.8) is 0 Å². The first-order valence-corrected chi connectivity index (χ1v) is 8.59. The molecule has 24 heavy (non-hydrogen) atoms. The molecule has 3 heteroatoms. The summed E-state index contributed by atoms with van der Waals surface area (Å²) in [6.45, 7) is 0. The van der Waals surface area contributed by atoms with Crippen molar-refractivity contribution in [2.45, 2.75) is 38.0 Å². The molecule has 1 fully saturated rings. The number of hydrogen-bond donors (Lipinski definition) is 0. The quantitative estimate of drug-likeness (QED) is 0.727. The zero-order valence-electron chi connectivity index (χ0n) is 14.4. The lowest BCUT2D eigenvalue weighted by Crippen LogP contribution is -2.06. The minimum absolute atomic E-state index is 0.00569. The van der Waals surface area contributed by atoms with Crippen molar-refractivity contribution in [1.29, 1.82) is 0 Å². The Morgan fingerprint density at radius 1 is 0.833 bits per heavy atom. The number of ether oxygens (including phenoxy) is 2. The Labute approximate surface area is 143 Å². The molecule has 0 amide bonds. The molecule has 3 rings (SSSR count). The number of rotatable bonds is 5. The number of benzene rings is 2. The van der Waals surface area contributed by atoms with Crippen LogP contribution in [0.25, 0.3) is 0 Å². The van der Waals surface area contributed by atoms with Gasteiger partial charge in [0.05, 0.1) is 14.2 Å². The second-order valence-electron chi connectivity index (χ2n) is 6.36. The monoisotopic (exact) mass is 324 g/mol. The van der Waals surface area contributed by atoms with Crippen LogP contribution in [0.5, 0.6) is 11.5 Å². The van der Waals surface area contributed by atoms with Crippen LogP contribution < -0.4 is 9.47 Å². The van der Waals surface area contributed by atoms with Crippen molar-refractivity contribution >= 4 is 5.78 Å². The second-order valence-corrected chi connectivity index (χ2v) is 6.36. The molecule has 0 spiro atoms. The van der Waals surface area contributed by atoms with Gasteiger partial charge < -0.3 is 9.47 Å². The van der Waals surface area contributed by atoms with Gasteiger partial charge in [0.2, 0.25) is 0 Å². The zero-order valence-corrected chi connectivity index (χ0v) is 14.4. The molecule has 0 saturated heterocycles. The maximum absolute atomic E-state index is 12.7. The Balaban J connectivity index is 1.79. The molecule has 0 atom stereocenters. The Morgan fingerprint density at radius 3 is 2.08 bits per heavy atom. The topological polar surface area (TPSA) is 35.5 Å². The fourth-order valence-electron chi connectivity index (χ4n) is 3.49. The average Bonchev–Trinajstić information content (AvgIpc) is 2.67. The Hall–Kier alpha value is -2.29. The Morgan fingerprint density at radius 2 is 1.46 bits per heavy atom. The van der Waals surface area contributed by atoms with Crippen LogP contribution in [0.3, 0.4) is 0 Å². The van der Waals surface area contributed by atoms with Gasteiger partial charge >= 0.3 is 0 Å². The zero-order chi connectivity index (χ0) is 16.9. The standard InChI is InChI=1S/C21H24O3/c1-23-19-13-12-18(14-20(19)24-2)21(22)17-10-8-16(9-11-17)15-6-4-3-5-7-15/h8-15H,3-7H2,1-2H3. The molecule has 0 radical (unpaired) electrons. The van der Waals surface area contributed by atoms with Crippen LogP contribution in [0, 0.1) is 0 Å². The van der Waals surface area contributed by atoms with Crippen LogP contribution in [0.1, 0.15) is 59.5 Å². The molecule has 0 aliphatic heterocycles. The Kier molecular flexibility index (Phi) is 5.19. The van der Waals surface area contributed by atoms with Gasteiger partial charge in [0.1, 0.15) is 0 Å². The van der Waals surface area contributed by atoms with E-state index in [9.17, 15) is 4.79 Å². The highest BCUT2D eigenvalue weighted by atomic mass is 16.5. The highest BCUT2D eigenvalue weighted by molar-refractivity contribution is 6.09. The minimum Gasteiger partial charge on any atom is -0.493 e. The van der Waals surface area contributed by atoms with E-state index in [1.807, 2.05) is 12.1 Å². The third-order valence-electron chi connectivity index (χ3n) is 4.90. The van der Waals surface area contributed by atoms with Crippen molar-refractivity contribution in [2.24, 2.45) is 0 Å². The van der Waals surface area contributed by atoms with E-state index in [0.717, 1.165) is 0 Å². The van der Waals surface area contributed by atoms with E-state index < -0.39 is 0 Å². The lowest BCUT2D eigenvalue weighted by molar-refractivity contribution is 0.103. The van der Waals surface area contributed by atoms with Gasteiger partial charge in [-0.05, 0) is 42.5 Å². The predicted octanol–water partition coefficient (Wildman–Crippen LogP) is 4.98. The molecule has 126 valence electrons. The largest absolute Gasteiger partial charge is 0.493 e. The van der Waals surface area contributed by atoms with Gasteiger partial charge in [0.25, 0.3) is 0 Å². The normalized spacial score (nSPS) is 15.1. The molecular formula is C21H24O3. The molecule has 2 aromatic rings. The highest BCUT2D eigenvalue weighted by Gasteiger charge is 2.17. The molecule has 0 heterocycles. The average molecular weight is 324 g/mol. The summed E-state index contributed by atoms with van der Waals surface area (Å²) in [6.07, 6.45) is 6.52. The van der Waals surface area contributed by atoms with Crippen molar-refractivity contribution in [3.05, 3.63) is 59.2 Å². The molecule has 1 saturated carbocycles. The molecule has 1 aliphatic carbocycles. The van der Waals surface area contributed by atoms with Crippen LogP contribution in [-0.4, -0.2) is 20.0 Å². The molecule has 0 unspecified atom stereocenters. The summed E-state index contributed by atoms with van der Waals surface area (Å²) in [5.41, 5.74) is 2.68. The third kappa shape index (κ3) is 3.45. The van der Waals surface area contributed by atoms with Gasteiger partial charge in [-0.3, -0.25) is 4.79 Å². The molecule has 0 aromatic heterocycles. The maximum Gasteiger partial charge on any atom is 0.193 e. The second kappa shape index (κ2) is 7.52. The molecular weight excluding hydrogens is 300 g/mol. The first-order valence-electron chi connectivity index (χ1n) is 8.59. The van der Waals surface area contributed by atoms with E-state index in [1.165, 1.54) is 37.7 Å². The summed E-state index contributed by atoms with van der Waals surface area (Å²) in [4.78, 5) is 12.7. The summed E-state index contributed by atoms with van der Waals surface area (Å²) in [7, 11) is 3.16. The number of ketones is 1. The van der Waals surface area contributed by atoms with Crippen molar-refractivity contribution in [1.82, 2.24) is 0 Å². The molecule has 0 bridgehead atoms. The van der Waals surface area contributed by atoms with Gasteiger partial charge in [-0.2, -0.15) is 0 Å². The Bertz CT molecular complexity index is 698. The molecule has 2 aromatic carbocycles. The highest BCUT2D eigenvalue weighted by Crippen LogP contribution is 2.33. The van der Waals surface area contributed by atoms with Gasteiger partial charge in [0, 0.05) is 11.1 Å². The summed E-state index contributed by atoms with van der Waals surface area (Å²) < 4.78 is 10.5. The first-order chi connectivity index (χ1) is 11.7. The van der Waals surface area contributed by atoms with E-state index in [1.54, 1.807) is 32.4 Å². The van der Waals surface area contributed by atoms with Gasteiger partial charge in [0.15, 0.2) is 17.3 Å². The molecule has 0 N–H and O–H groups in total. The smallest absolute Gasteiger partial charge is 0.193 e. The van der Waals surface area contributed by atoms with Crippen molar-refractivity contribution < 1.29 is 14.3 Å². The fourth-order valence-corrected chi connectivity index (χ4v) is 3.49. The van der Waals surface area contributed by atoms with Crippen LogP contribution >= 0.6 is 0 Å². The van der Waals surface area contributed by atoms with Crippen LogP contribution in [-0.2, 0) is 0 Å². The minimum atomic E-state index is 0.00569. The van der Waals surface area contributed by atoms with E-state index in [0.29, 0.717) is 28.5 Å². The van der Waals surface area contributed by atoms with Crippen molar-refractivity contribution in [2.75, 3.05) is 14.2 Å². The lowest BCUT2D eigenvalue weighted by Gasteiger charge is -2.22. The van der Waals surface area contributed by atoms with Crippen LogP contribution in [0.4, 0.5) is 0 Å². The summed E-state index contributed by atoms with van der Waals surface area (Å²) in [5, 5.41) is 0. The third-order valence-corrected chi connectivity index (χ3v) is 4.90. The van der Waals surface area contributed by atoms with E-state index in [4.69, 9.17) is 9.47 Å². The van der Waals surface area contributed by atoms with Gasteiger partial charge in [-0.1, -0.05) is 43.5 Å². The maximum atomic E-state index is 12.7. The van der Waals surface area contributed by atoms with E-state index in [-0.39, 0.29) is 5.78 Å². The predicted molar refractivity (Wildman–Crippen MR) is 95.2 cm³/mol. The van der Waals surface area contributed by atoms with Crippen LogP contribution in [0.15, 0.2) is 42.5 Å². The SMILES string of the molecule is COc1ccc(C(=O)c2ccc(C3CCCCC3)cc2)cc1OC.